The maximum absolute atomic E-state index is 14.4. The van der Waals surface area contributed by atoms with Crippen molar-refractivity contribution in [3.8, 4) is 5.75 Å². The highest BCUT2D eigenvalue weighted by atomic mass is 32.1. The Kier molecular flexibility index (Phi) is 8.13. The molecule has 1 aromatic heterocycles. The summed E-state index contributed by atoms with van der Waals surface area (Å²) in [7, 11) is 0. The Morgan fingerprint density at radius 1 is 1.00 bits per heavy atom. The van der Waals surface area contributed by atoms with Gasteiger partial charge >= 0.3 is 0 Å². The normalized spacial score (nSPS) is 15.0. The van der Waals surface area contributed by atoms with E-state index in [1.165, 1.54) is 10.9 Å². The van der Waals surface area contributed by atoms with Gasteiger partial charge in [-0.3, -0.25) is 4.79 Å². The maximum Gasteiger partial charge on any atom is 0.259 e. The second kappa shape index (κ2) is 12.1. The number of carbonyl (C=O) groups excluding carboxylic acids is 1. The van der Waals surface area contributed by atoms with E-state index in [0.717, 1.165) is 46.8 Å². The summed E-state index contributed by atoms with van der Waals surface area (Å²) in [5.41, 5.74) is 3.98. The summed E-state index contributed by atoms with van der Waals surface area (Å²) in [6, 6.07) is 28.1. The summed E-state index contributed by atoms with van der Waals surface area (Å²) in [5.74, 6) is 0.705. The molecule has 1 atom stereocenters. The van der Waals surface area contributed by atoms with Gasteiger partial charge in [0.15, 0.2) is 0 Å². The molecule has 0 unspecified atom stereocenters. The number of hydrogen-bond donors (Lipinski definition) is 1. The first-order valence-electron chi connectivity index (χ1n) is 14.7. The summed E-state index contributed by atoms with van der Waals surface area (Å²) < 4.78 is 20.5. The number of ether oxygens (including phenoxy) is 1. The summed E-state index contributed by atoms with van der Waals surface area (Å²) in [4.78, 5) is 20.0. The highest BCUT2D eigenvalue weighted by molar-refractivity contribution is 7.16. The zero-order chi connectivity index (χ0) is 30.0. The van der Waals surface area contributed by atoms with E-state index in [1.54, 1.807) is 35.8 Å². The minimum atomic E-state index is -0.301. The summed E-state index contributed by atoms with van der Waals surface area (Å²) >= 11 is 1.61. The smallest absolute Gasteiger partial charge is 0.259 e. The molecule has 0 radical (unpaired) electrons. The molecular formula is C37H35FN2O2S. The Bertz CT molecular complexity index is 1800. The zero-order valence-electron chi connectivity index (χ0n) is 24.7. The largest absolute Gasteiger partial charge is 0.488 e. The van der Waals surface area contributed by atoms with E-state index >= 15 is 0 Å². The number of anilines is 1. The van der Waals surface area contributed by atoms with Crippen LogP contribution in [-0.2, 0) is 19.4 Å². The first-order chi connectivity index (χ1) is 20.8. The predicted octanol–water partition coefficient (Wildman–Crippen LogP) is 9.77. The molecule has 0 saturated carbocycles. The maximum atomic E-state index is 14.4. The van der Waals surface area contributed by atoms with Crippen LogP contribution in [-0.4, -0.2) is 12.1 Å². The highest BCUT2D eigenvalue weighted by Gasteiger charge is 2.33. The molecule has 1 N–H and O–H groups in total. The molecule has 0 saturated heterocycles. The molecule has 6 heteroatoms. The van der Waals surface area contributed by atoms with Gasteiger partial charge in [-0.1, -0.05) is 87.5 Å². The SMILES string of the molecule is CC(C)(C)[C@H]1CCc2c(sc(N=Cc3c(OCc4ccccc4F)ccc4ccccc34)c2C(=O)Nc2ccccc2)C1. The number of amides is 1. The molecule has 6 rings (SSSR count). The van der Waals surface area contributed by atoms with Crippen LogP contribution in [0.25, 0.3) is 10.8 Å². The fraction of sp³-hybridized carbons (Fsp3) is 0.243. The lowest BCUT2D eigenvalue weighted by Crippen LogP contribution is -2.27. The van der Waals surface area contributed by atoms with Crippen molar-refractivity contribution in [3.05, 3.63) is 124 Å². The molecule has 0 spiro atoms. The van der Waals surface area contributed by atoms with Crippen LogP contribution in [0.2, 0.25) is 0 Å². The molecule has 1 amide bonds. The van der Waals surface area contributed by atoms with Crippen molar-refractivity contribution in [3.63, 3.8) is 0 Å². The van der Waals surface area contributed by atoms with E-state index in [9.17, 15) is 9.18 Å². The second-order valence-corrected chi connectivity index (χ2v) is 13.2. The molecule has 4 nitrogen and oxygen atoms in total. The Hall–Kier alpha value is -4.29. The van der Waals surface area contributed by atoms with Gasteiger partial charge < -0.3 is 10.1 Å². The third kappa shape index (κ3) is 6.25. The number of benzene rings is 4. The molecule has 4 aromatic carbocycles. The number of para-hydroxylation sites is 1. The molecule has 1 aliphatic rings. The standard InChI is InChI=1S/C37H35FN2O2S/c1-37(2,3)26-18-19-29-33(21-26)43-36(34(29)35(41)40-27-13-5-4-6-14-27)39-22-30-28-15-9-7-11-24(28)17-20-32(30)42-23-25-12-8-10-16-31(25)38/h4-17,20,22,26H,18-19,21,23H2,1-3H3,(H,40,41)/t26-/m0/s1. The van der Waals surface area contributed by atoms with E-state index in [2.05, 4.69) is 26.1 Å². The van der Waals surface area contributed by atoms with Crippen molar-refractivity contribution in [1.29, 1.82) is 0 Å². The average molecular weight is 591 g/mol. The van der Waals surface area contributed by atoms with Crippen molar-refractivity contribution in [2.45, 2.75) is 46.6 Å². The van der Waals surface area contributed by atoms with E-state index < -0.39 is 0 Å². The van der Waals surface area contributed by atoms with Crippen LogP contribution < -0.4 is 10.1 Å². The monoisotopic (exact) mass is 590 g/mol. The minimum Gasteiger partial charge on any atom is -0.488 e. The lowest BCUT2D eigenvalue weighted by Gasteiger charge is -2.33. The van der Waals surface area contributed by atoms with Gasteiger partial charge in [0.25, 0.3) is 5.91 Å². The van der Waals surface area contributed by atoms with Crippen LogP contribution in [0.1, 0.15) is 59.1 Å². The molecule has 5 aromatic rings. The molecule has 218 valence electrons. The number of nitrogens with one attached hydrogen (secondary N) is 1. The van der Waals surface area contributed by atoms with Crippen LogP contribution in [0.3, 0.4) is 0 Å². The minimum absolute atomic E-state index is 0.0953. The van der Waals surface area contributed by atoms with Crippen molar-refractivity contribution in [2.75, 3.05) is 5.32 Å². The first kappa shape index (κ1) is 28.8. The number of carbonyl (C=O) groups is 1. The average Bonchev–Trinajstić information content (AvgIpc) is 3.37. The van der Waals surface area contributed by atoms with Gasteiger partial charge in [-0.15, -0.1) is 11.3 Å². The molecule has 0 aliphatic heterocycles. The molecule has 0 bridgehead atoms. The quantitative estimate of drug-likeness (QED) is 0.192. The Labute approximate surface area is 256 Å². The summed E-state index contributed by atoms with van der Waals surface area (Å²) in [5, 5.41) is 5.81. The van der Waals surface area contributed by atoms with Gasteiger partial charge in [0.1, 0.15) is 23.2 Å². The van der Waals surface area contributed by atoms with E-state index in [4.69, 9.17) is 9.73 Å². The van der Waals surface area contributed by atoms with Crippen LogP contribution in [0.15, 0.2) is 96.0 Å². The van der Waals surface area contributed by atoms with Crippen molar-refractivity contribution in [2.24, 2.45) is 16.3 Å². The number of halogens is 1. The number of aliphatic imine (C=N–C) groups is 1. The molecule has 0 fully saturated rings. The molecule has 43 heavy (non-hydrogen) atoms. The van der Waals surface area contributed by atoms with Crippen LogP contribution in [0, 0.1) is 17.2 Å². The van der Waals surface area contributed by atoms with E-state index in [1.807, 2.05) is 66.7 Å². The van der Waals surface area contributed by atoms with Crippen molar-refractivity contribution < 1.29 is 13.9 Å². The lowest BCUT2D eigenvalue weighted by molar-refractivity contribution is 0.102. The van der Waals surface area contributed by atoms with Crippen LogP contribution in [0.4, 0.5) is 15.1 Å². The zero-order valence-corrected chi connectivity index (χ0v) is 25.5. The lowest BCUT2D eigenvalue weighted by atomic mass is 9.72. The molecule has 1 heterocycles. The van der Waals surface area contributed by atoms with Gasteiger partial charge in [-0.2, -0.15) is 0 Å². The highest BCUT2D eigenvalue weighted by Crippen LogP contribution is 2.45. The van der Waals surface area contributed by atoms with E-state index in [-0.39, 0.29) is 23.7 Å². The Morgan fingerprint density at radius 2 is 1.74 bits per heavy atom. The van der Waals surface area contributed by atoms with Crippen molar-refractivity contribution in [1.82, 2.24) is 0 Å². The molecule has 1 aliphatic carbocycles. The molecular weight excluding hydrogens is 555 g/mol. The van der Waals surface area contributed by atoms with Gasteiger partial charge in [-0.25, -0.2) is 9.38 Å². The van der Waals surface area contributed by atoms with Gasteiger partial charge in [0.2, 0.25) is 0 Å². The number of nitrogens with zero attached hydrogens (tertiary/aromatic N) is 1. The number of fused-ring (bicyclic) bond motifs is 2. The van der Waals surface area contributed by atoms with Gasteiger partial charge in [0.05, 0.1) is 5.56 Å². The fourth-order valence-electron chi connectivity index (χ4n) is 5.78. The third-order valence-corrected chi connectivity index (χ3v) is 9.48. The van der Waals surface area contributed by atoms with Crippen LogP contribution in [0.5, 0.6) is 5.75 Å². The Morgan fingerprint density at radius 3 is 2.53 bits per heavy atom. The van der Waals surface area contributed by atoms with Gasteiger partial charge in [0, 0.05) is 27.9 Å². The third-order valence-electron chi connectivity index (χ3n) is 8.31. The Balaban J connectivity index is 1.40. The van der Waals surface area contributed by atoms with Crippen LogP contribution >= 0.6 is 11.3 Å². The summed E-state index contributed by atoms with van der Waals surface area (Å²) in [6.45, 7) is 6.98. The van der Waals surface area contributed by atoms with Gasteiger partial charge in [-0.05, 0) is 71.2 Å². The topological polar surface area (TPSA) is 50.7 Å². The van der Waals surface area contributed by atoms with Crippen molar-refractivity contribution >= 4 is 44.9 Å². The predicted molar refractivity (Wildman–Crippen MR) is 176 cm³/mol. The number of rotatable bonds is 7. The first-order valence-corrected chi connectivity index (χ1v) is 15.5. The number of hydrogen-bond acceptors (Lipinski definition) is 4. The summed E-state index contributed by atoms with van der Waals surface area (Å²) in [6.07, 6.45) is 4.64. The number of thiophene rings is 1. The second-order valence-electron chi connectivity index (χ2n) is 12.1. The fourth-order valence-corrected chi connectivity index (χ4v) is 7.05. The van der Waals surface area contributed by atoms with E-state index in [0.29, 0.717) is 27.8 Å².